The standard InChI is InChI=1S/C13H7BrCl3F/c14-13(9-3-1-8(16)6-11(9)17)10-5-7(15)2-4-12(10)18/h1-6,13H. The molecular weight excluding hydrogens is 361 g/mol. The first kappa shape index (κ1) is 14.1. The van der Waals surface area contributed by atoms with Gasteiger partial charge in [-0.25, -0.2) is 4.39 Å². The number of alkyl halides is 1. The SMILES string of the molecule is Fc1ccc(Cl)cc1C(Br)c1ccc(Cl)cc1Cl. The zero-order valence-corrected chi connectivity index (χ0v) is 12.8. The van der Waals surface area contributed by atoms with Crippen LogP contribution in [-0.4, -0.2) is 0 Å². The van der Waals surface area contributed by atoms with Gasteiger partial charge in [-0.15, -0.1) is 0 Å². The van der Waals surface area contributed by atoms with Crippen LogP contribution < -0.4 is 0 Å². The molecule has 94 valence electrons. The largest absolute Gasteiger partial charge is 0.207 e. The molecule has 0 heterocycles. The van der Waals surface area contributed by atoms with Crippen LogP contribution in [0.2, 0.25) is 15.1 Å². The van der Waals surface area contributed by atoms with Gasteiger partial charge in [0, 0.05) is 20.6 Å². The highest BCUT2D eigenvalue weighted by Gasteiger charge is 2.18. The van der Waals surface area contributed by atoms with E-state index in [2.05, 4.69) is 15.9 Å². The summed E-state index contributed by atoms with van der Waals surface area (Å²) < 4.78 is 13.8. The van der Waals surface area contributed by atoms with Crippen LogP contribution in [0.4, 0.5) is 4.39 Å². The van der Waals surface area contributed by atoms with E-state index in [4.69, 9.17) is 34.8 Å². The molecule has 18 heavy (non-hydrogen) atoms. The molecule has 1 unspecified atom stereocenters. The maximum Gasteiger partial charge on any atom is 0.127 e. The molecule has 0 bridgehead atoms. The fraction of sp³-hybridized carbons (Fsp3) is 0.0769. The highest BCUT2D eigenvalue weighted by atomic mass is 79.9. The molecule has 0 aliphatic carbocycles. The lowest BCUT2D eigenvalue weighted by Crippen LogP contribution is -1.97. The molecule has 0 aliphatic rings. The van der Waals surface area contributed by atoms with E-state index in [-0.39, 0.29) is 10.6 Å². The zero-order chi connectivity index (χ0) is 13.3. The summed E-state index contributed by atoms with van der Waals surface area (Å²) >= 11 is 21.2. The molecular formula is C13H7BrCl3F. The molecule has 0 radical (unpaired) electrons. The van der Waals surface area contributed by atoms with Crippen LogP contribution in [0.5, 0.6) is 0 Å². The van der Waals surface area contributed by atoms with Crippen molar-refractivity contribution in [2.24, 2.45) is 0 Å². The van der Waals surface area contributed by atoms with E-state index < -0.39 is 0 Å². The van der Waals surface area contributed by atoms with Gasteiger partial charge < -0.3 is 0 Å². The molecule has 2 aromatic carbocycles. The number of hydrogen-bond donors (Lipinski definition) is 0. The lowest BCUT2D eigenvalue weighted by molar-refractivity contribution is 0.613. The molecule has 0 nitrogen and oxygen atoms in total. The molecule has 0 N–H and O–H groups in total. The Balaban J connectivity index is 2.47. The van der Waals surface area contributed by atoms with Crippen LogP contribution in [-0.2, 0) is 0 Å². The van der Waals surface area contributed by atoms with Gasteiger partial charge in [0.25, 0.3) is 0 Å². The quantitative estimate of drug-likeness (QED) is 0.548. The first-order valence-corrected chi connectivity index (χ1v) is 7.08. The number of benzene rings is 2. The Hall–Kier alpha value is -0.280. The van der Waals surface area contributed by atoms with Crippen molar-refractivity contribution in [1.29, 1.82) is 0 Å². The Labute approximate surface area is 128 Å². The van der Waals surface area contributed by atoms with Crippen LogP contribution >= 0.6 is 50.7 Å². The lowest BCUT2D eigenvalue weighted by atomic mass is 10.0. The third-order valence-corrected chi connectivity index (χ3v) is 4.25. The van der Waals surface area contributed by atoms with Crippen molar-refractivity contribution < 1.29 is 4.39 Å². The highest BCUT2D eigenvalue weighted by molar-refractivity contribution is 9.09. The van der Waals surface area contributed by atoms with E-state index >= 15 is 0 Å². The molecule has 1 atom stereocenters. The van der Waals surface area contributed by atoms with Crippen molar-refractivity contribution in [3.8, 4) is 0 Å². The van der Waals surface area contributed by atoms with Crippen molar-refractivity contribution in [3.05, 3.63) is 68.4 Å². The third kappa shape index (κ3) is 3.00. The molecule has 0 fully saturated rings. The predicted octanol–water partition coefficient (Wildman–Crippen LogP) is 6.27. The van der Waals surface area contributed by atoms with Crippen molar-refractivity contribution in [2.45, 2.75) is 4.83 Å². The maximum absolute atomic E-state index is 13.8. The van der Waals surface area contributed by atoms with Crippen LogP contribution in [0.3, 0.4) is 0 Å². The van der Waals surface area contributed by atoms with E-state index in [9.17, 15) is 4.39 Å². The van der Waals surface area contributed by atoms with Gasteiger partial charge in [0.05, 0.1) is 4.83 Å². The second kappa shape index (κ2) is 5.79. The van der Waals surface area contributed by atoms with Gasteiger partial charge in [-0.3, -0.25) is 0 Å². The molecule has 0 spiro atoms. The minimum absolute atomic E-state index is 0.340. The molecule has 0 saturated heterocycles. The smallest absolute Gasteiger partial charge is 0.127 e. The van der Waals surface area contributed by atoms with Gasteiger partial charge in [0.1, 0.15) is 5.82 Å². The van der Waals surface area contributed by atoms with Crippen LogP contribution in [0, 0.1) is 5.82 Å². The summed E-state index contributed by atoms with van der Waals surface area (Å²) in [5.41, 5.74) is 1.17. The Bertz CT molecular complexity index is 586. The molecule has 0 amide bonds. The zero-order valence-electron chi connectivity index (χ0n) is 8.93. The number of rotatable bonds is 2. The molecule has 0 saturated carbocycles. The van der Waals surface area contributed by atoms with Gasteiger partial charge >= 0.3 is 0 Å². The summed E-state index contributed by atoms with van der Waals surface area (Å²) in [7, 11) is 0. The number of hydrogen-bond acceptors (Lipinski definition) is 0. The molecule has 5 heteroatoms. The van der Waals surface area contributed by atoms with Gasteiger partial charge in [-0.05, 0) is 35.9 Å². The summed E-state index contributed by atoms with van der Waals surface area (Å²) in [5, 5.41) is 1.49. The Morgan fingerprint density at radius 2 is 1.50 bits per heavy atom. The minimum Gasteiger partial charge on any atom is -0.207 e. The fourth-order valence-electron chi connectivity index (χ4n) is 1.58. The van der Waals surface area contributed by atoms with Crippen molar-refractivity contribution in [2.75, 3.05) is 0 Å². The van der Waals surface area contributed by atoms with Gasteiger partial charge in [0.2, 0.25) is 0 Å². The summed E-state index contributed by atoms with van der Waals surface area (Å²) in [6.07, 6.45) is 0. The van der Waals surface area contributed by atoms with E-state index in [0.29, 0.717) is 20.6 Å². The van der Waals surface area contributed by atoms with Gasteiger partial charge in [0.15, 0.2) is 0 Å². The Kier molecular flexibility index (Phi) is 4.54. The third-order valence-electron chi connectivity index (χ3n) is 2.47. The second-order valence-electron chi connectivity index (χ2n) is 3.69. The first-order valence-electron chi connectivity index (χ1n) is 5.03. The molecule has 0 aromatic heterocycles. The average molecular weight is 368 g/mol. The second-order valence-corrected chi connectivity index (χ2v) is 5.89. The predicted molar refractivity (Wildman–Crippen MR) is 78.6 cm³/mol. The van der Waals surface area contributed by atoms with Gasteiger partial charge in [-0.1, -0.05) is 56.8 Å². The van der Waals surface area contributed by atoms with E-state index in [1.54, 1.807) is 24.3 Å². The van der Waals surface area contributed by atoms with Gasteiger partial charge in [-0.2, -0.15) is 0 Å². The van der Waals surface area contributed by atoms with Crippen LogP contribution in [0.25, 0.3) is 0 Å². The summed E-state index contributed by atoms with van der Waals surface area (Å²) in [5.74, 6) is -0.340. The maximum atomic E-state index is 13.8. The lowest BCUT2D eigenvalue weighted by Gasteiger charge is -2.14. The molecule has 0 aliphatic heterocycles. The van der Waals surface area contributed by atoms with E-state index in [1.807, 2.05) is 0 Å². The van der Waals surface area contributed by atoms with Crippen molar-refractivity contribution in [1.82, 2.24) is 0 Å². The molecule has 2 rings (SSSR count). The van der Waals surface area contributed by atoms with Crippen molar-refractivity contribution >= 4 is 50.7 Å². The minimum atomic E-state index is -0.374. The van der Waals surface area contributed by atoms with E-state index in [1.165, 1.54) is 12.1 Å². The normalized spacial score (nSPS) is 12.5. The van der Waals surface area contributed by atoms with Crippen LogP contribution in [0.15, 0.2) is 36.4 Å². The van der Waals surface area contributed by atoms with Crippen LogP contribution in [0.1, 0.15) is 16.0 Å². The summed E-state index contributed by atoms with van der Waals surface area (Å²) in [6, 6.07) is 9.49. The summed E-state index contributed by atoms with van der Waals surface area (Å²) in [4.78, 5) is -0.374. The Morgan fingerprint density at radius 3 is 2.17 bits per heavy atom. The fourth-order valence-corrected chi connectivity index (χ4v) is 3.16. The number of halogens is 5. The topological polar surface area (TPSA) is 0 Å². The summed E-state index contributed by atoms with van der Waals surface area (Å²) in [6.45, 7) is 0. The molecule has 2 aromatic rings. The first-order chi connectivity index (χ1) is 8.49. The average Bonchev–Trinajstić information content (AvgIpc) is 2.31. The Morgan fingerprint density at radius 1 is 0.889 bits per heavy atom. The van der Waals surface area contributed by atoms with Crippen molar-refractivity contribution in [3.63, 3.8) is 0 Å². The monoisotopic (exact) mass is 366 g/mol. The van der Waals surface area contributed by atoms with E-state index in [0.717, 1.165) is 5.56 Å². The highest BCUT2D eigenvalue weighted by Crippen LogP contribution is 2.38.